The lowest BCUT2D eigenvalue weighted by Gasteiger charge is -2.47. The maximum atomic E-state index is 14.5. The van der Waals surface area contributed by atoms with Crippen LogP contribution < -0.4 is 5.32 Å². The minimum Gasteiger partial charge on any atom is -0.508 e. The molecule has 2 aromatic heterocycles. The molecule has 1 unspecified atom stereocenters. The number of nitrogens with one attached hydrogen (secondary N) is 2. The van der Waals surface area contributed by atoms with Gasteiger partial charge in [-0.25, -0.2) is 9.37 Å². The molecule has 1 aliphatic rings. The van der Waals surface area contributed by atoms with Crippen molar-refractivity contribution in [3.63, 3.8) is 0 Å². The fraction of sp³-hybridized carbons (Fsp3) is 0.409. The molecule has 0 saturated carbocycles. The molecular weight excluding hydrogens is 385 g/mol. The molecule has 0 aliphatic carbocycles. The van der Waals surface area contributed by atoms with E-state index in [0.717, 1.165) is 6.07 Å². The minimum absolute atomic E-state index is 0.138. The lowest BCUT2D eigenvalue weighted by atomic mass is 9.91. The Labute approximate surface area is 174 Å². The van der Waals surface area contributed by atoms with Crippen LogP contribution in [0, 0.1) is 11.7 Å². The first kappa shape index (κ1) is 20.3. The molecule has 4 rings (SSSR count). The number of phenolic OH excluding ortho intramolecular Hbond substituents is 1. The zero-order valence-electron chi connectivity index (χ0n) is 17.5. The molecule has 1 aliphatic heterocycles. The molecule has 158 valence electrons. The van der Waals surface area contributed by atoms with Crippen LogP contribution in [0.25, 0.3) is 22.3 Å². The molecule has 1 aromatic carbocycles. The van der Waals surface area contributed by atoms with Crippen molar-refractivity contribution in [3.05, 3.63) is 41.8 Å². The van der Waals surface area contributed by atoms with E-state index >= 15 is 0 Å². The number of pyridine rings is 1. The van der Waals surface area contributed by atoms with E-state index in [2.05, 4.69) is 34.3 Å². The number of piperazine rings is 1. The van der Waals surface area contributed by atoms with Crippen LogP contribution in [-0.2, 0) is 0 Å². The van der Waals surface area contributed by atoms with Gasteiger partial charge in [0.25, 0.3) is 5.91 Å². The monoisotopic (exact) mass is 411 g/mol. The Morgan fingerprint density at radius 3 is 2.80 bits per heavy atom. The van der Waals surface area contributed by atoms with Gasteiger partial charge >= 0.3 is 0 Å². The highest BCUT2D eigenvalue weighted by molar-refractivity contribution is 6.06. The summed E-state index contributed by atoms with van der Waals surface area (Å²) in [5.41, 5.74) is 0.968. The first-order valence-electron chi connectivity index (χ1n) is 10.1. The van der Waals surface area contributed by atoms with Crippen molar-refractivity contribution in [2.75, 3.05) is 13.1 Å². The van der Waals surface area contributed by atoms with E-state index in [1.54, 1.807) is 12.3 Å². The molecule has 3 heterocycles. The fourth-order valence-corrected chi connectivity index (χ4v) is 3.89. The number of halogens is 1. The number of hydrogen-bond donors (Lipinski definition) is 3. The summed E-state index contributed by atoms with van der Waals surface area (Å²) < 4.78 is 14.5. The third-order valence-corrected chi connectivity index (χ3v) is 5.84. The Morgan fingerprint density at radius 1 is 1.33 bits per heavy atom. The van der Waals surface area contributed by atoms with Crippen LogP contribution in [0.1, 0.15) is 38.1 Å². The van der Waals surface area contributed by atoms with E-state index in [9.17, 15) is 14.3 Å². The van der Waals surface area contributed by atoms with Crippen molar-refractivity contribution in [3.8, 4) is 17.0 Å². The maximum absolute atomic E-state index is 14.5. The summed E-state index contributed by atoms with van der Waals surface area (Å²) in [4.78, 5) is 20.0. The van der Waals surface area contributed by atoms with Crippen LogP contribution in [0.15, 0.2) is 30.5 Å². The van der Waals surface area contributed by atoms with Crippen molar-refractivity contribution in [1.29, 1.82) is 0 Å². The van der Waals surface area contributed by atoms with Crippen molar-refractivity contribution in [2.45, 2.75) is 39.3 Å². The van der Waals surface area contributed by atoms with E-state index in [1.807, 2.05) is 18.7 Å². The summed E-state index contributed by atoms with van der Waals surface area (Å²) in [5.74, 6) is -0.537. The molecule has 1 fully saturated rings. The molecular formula is C22H26FN5O2. The van der Waals surface area contributed by atoms with Gasteiger partial charge in [-0.3, -0.25) is 9.89 Å². The first-order valence-corrected chi connectivity index (χ1v) is 10.1. The van der Waals surface area contributed by atoms with Gasteiger partial charge in [-0.2, -0.15) is 5.10 Å². The number of carbonyl (C=O) groups is 1. The van der Waals surface area contributed by atoms with Gasteiger partial charge in [-0.1, -0.05) is 13.8 Å². The first-order chi connectivity index (χ1) is 14.2. The third kappa shape index (κ3) is 3.52. The highest BCUT2D eigenvalue weighted by Gasteiger charge is 2.39. The van der Waals surface area contributed by atoms with Gasteiger partial charge in [0.15, 0.2) is 5.65 Å². The fourth-order valence-electron chi connectivity index (χ4n) is 3.89. The lowest BCUT2D eigenvalue weighted by Crippen LogP contribution is -2.64. The number of aromatic hydroxyl groups is 1. The molecule has 0 spiro atoms. The van der Waals surface area contributed by atoms with Gasteiger partial charge in [-0.05, 0) is 38.0 Å². The smallest absolute Gasteiger partial charge is 0.255 e. The highest BCUT2D eigenvalue weighted by atomic mass is 19.1. The predicted octanol–water partition coefficient (Wildman–Crippen LogP) is 3.32. The molecule has 1 amide bonds. The number of benzene rings is 1. The molecule has 8 heteroatoms. The van der Waals surface area contributed by atoms with Gasteiger partial charge in [0.05, 0.1) is 28.4 Å². The van der Waals surface area contributed by atoms with Crippen molar-refractivity contribution in [2.24, 2.45) is 5.92 Å². The molecule has 0 bridgehead atoms. The van der Waals surface area contributed by atoms with E-state index < -0.39 is 5.82 Å². The van der Waals surface area contributed by atoms with Crippen molar-refractivity contribution < 1.29 is 14.3 Å². The van der Waals surface area contributed by atoms with E-state index in [4.69, 9.17) is 0 Å². The van der Waals surface area contributed by atoms with Crippen LogP contribution in [0.2, 0.25) is 0 Å². The quantitative estimate of drug-likeness (QED) is 0.615. The van der Waals surface area contributed by atoms with Crippen LogP contribution >= 0.6 is 0 Å². The van der Waals surface area contributed by atoms with Gasteiger partial charge in [0, 0.05) is 30.8 Å². The number of fused-ring (bicyclic) bond motifs is 1. The lowest BCUT2D eigenvalue weighted by molar-refractivity contribution is 0.0355. The molecule has 7 nitrogen and oxygen atoms in total. The number of phenols is 1. The number of aromatic amines is 1. The summed E-state index contributed by atoms with van der Waals surface area (Å²) in [6.07, 6.45) is 1.57. The Kier molecular flexibility index (Phi) is 4.97. The molecule has 3 aromatic rings. The standard InChI is InChI=1S/C22H26FN5O2/c1-12(2)19-10-28(22(3,4)11-24-19)21(30)15-8-18(26-20-16(15)9-25-27-20)14-6-5-13(29)7-17(14)23/h5-9,12,19,24,29H,10-11H2,1-4H3,(H,25,26,27). The molecule has 1 atom stereocenters. The number of nitrogens with zero attached hydrogens (tertiary/aromatic N) is 3. The molecule has 0 radical (unpaired) electrons. The minimum atomic E-state index is -0.609. The summed E-state index contributed by atoms with van der Waals surface area (Å²) in [6, 6.07) is 5.68. The van der Waals surface area contributed by atoms with Crippen LogP contribution in [0.3, 0.4) is 0 Å². The third-order valence-electron chi connectivity index (χ3n) is 5.84. The molecule has 3 N–H and O–H groups in total. The van der Waals surface area contributed by atoms with Gasteiger partial charge in [0.2, 0.25) is 0 Å². The SMILES string of the molecule is CC(C)C1CN(C(=O)c2cc(-c3ccc(O)cc3F)nc3[nH]ncc23)C(C)(C)CN1. The van der Waals surface area contributed by atoms with Crippen LogP contribution in [0.5, 0.6) is 5.75 Å². The Balaban J connectivity index is 1.81. The summed E-state index contributed by atoms with van der Waals surface area (Å²) in [7, 11) is 0. The summed E-state index contributed by atoms with van der Waals surface area (Å²) >= 11 is 0. The summed E-state index contributed by atoms with van der Waals surface area (Å²) in [5, 5.41) is 20.5. The Morgan fingerprint density at radius 2 is 2.10 bits per heavy atom. The van der Waals surface area contributed by atoms with Crippen molar-refractivity contribution >= 4 is 16.9 Å². The van der Waals surface area contributed by atoms with Crippen molar-refractivity contribution in [1.82, 2.24) is 25.4 Å². The zero-order chi connectivity index (χ0) is 21.6. The number of hydrogen-bond acceptors (Lipinski definition) is 5. The molecule has 30 heavy (non-hydrogen) atoms. The van der Waals surface area contributed by atoms with Gasteiger partial charge < -0.3 is 15.3 Å². The average molecular weight is 411 g/mol. The Hall–Kier alpha value is -3.00. The highest BCUT2D eigenvalue weighted by Crippen LogP contribution is 2.30. The second-order valence-electron chi connectivity index (χ2n) is 8.81. The predicted molar refractivity (Wildman–Crippen MR) is 113 cm³/mol. The zero-order valence-corrected chi connectivity index (χ0v) is 17.5. The van der Waals surface area contributed by atoms with E-state index in [0.29, 0.717) is 41.3 Å². The van der Waals surface area contributed by atoms with E-state index in [1.165, 1.54) is 12.1 Å². The topological polar surface area (TPSA) is 94.1 Å². The second-order valence-corrected chi connectivity index (χ2v) is 8.81. The van der Waals surface area contributed by atoms with Gasteiger partial charge in [0.1, 0.15) is 11.6 Å². The summed E-state index contributed by atoms with van der Waals surface area (Å²) in [6.45, 7) is 9.58. The number of amides is 1. The second kappa shape index (κ2) is 7.36. The normalized spacial score (nSPS) is 18.9. The average Bonchev–Trinajstić information content (AvgIpc) is 3.15. The van der Waals surface area contributed by atoms with Crippen LogP contribution in [0.4, 0.5) is 4.39 Å². The maximum Gasteiger partial charge on any atom is 0.255 e. The molecule has 1 saturated heterocycles. The number of rotatable bonds is 3. The number of H-pyrrole nitrogens is 1. The van der Waals surface area contributed by atoms with Crippen LogP contribution in [-0.4, -0.2) is 55.8 Å². The largest absolute Gasteiger partial charge is 0.508 e. The Bertz CT molecular complexity index is 1110. The number of aromatic nitrogens is 3. The van der Waals surface area contributed by atoms with Gasteiger partial charge in [-0.15, -0.1) is 0 Å². The number of carbonyl (C=O) groups excluding carboxylic acids is 1. The van der Waals surface area contributed by atoms with E-state index in [-0.39, 0.29) is 28.8 Å².